The van der Waals surface area contributed by atoms with Crippen LogP contribution in [0.3, 0.4) is 0 Å². The van der Waals surface area contributed by atoms with Crippen LogP contribution in [-0.4, -0.2) is 18.7 Å². The van der Waals surface area contributed by atoms with Crippen LogP contribution in [0.4, 0.5) is 10.1 Å². The average molecular weight is 225 g/mol. The number of halogens is 1. The average Bonchev–Trinajstić information content (AvgIpc) is 2.24. The third-order valence-corrected chi connectivity index (χ3v) is 2.71. The van der Waals surface area contributed by atoms with E-state index in [2.05, 4.69) is 6.92 Å². The second-order valence-corrected chi connectivity index (χ2v) is 4.12. The number of hydrogen-bond acceptors (Lipinski definition) is 2. The summed E-state index contributed by atoms with van der Waals surface area (Å²) in [6.07, 6.45) is 1.39. The fraction of sp³-hybridized carbons (Fsp3) is 0.538. The SMILES string of the molecule is CCCCN(C)c1cccc(F)c1[C@H](C)O. The Balaban J connectivity index is 2.98. The van der Waals surface area contributed by atoms with E-state index in [0.29, 0.717) is 5.56 Å². The van der Waals surface area contributed by atoms with Crippen LogP contribution < -0.4 is 4.90 Å². The molecule has 1 atom stereocenters. The summed E-state index contributed by atoms with van der Waals surface area (Å²) in [7, 11) is 1.93. The topological polar surface area (TPSA) is 23.5 Å². The van der Waals surface area contributed by atoms with Crippen molar-refractivity contribution < 1.29 is 9.50 Å². The zero-order valence-electron chi connectivity index (χ0n) is 10.2. The first-order valence-corrected chi connectivity index (χ1v) is 5.75. The summed E-state index contributed by atoms with van der Waals surface area (Å²) in [4.78, 5) is 1.99. The molecule has 3 heteroatoms. The molecule has 0 aliphatic rings. The molecule has 0 amide bonds. The van der Waals surface area contributed by atoms with E-state index in [4.69, 9.17) is 0 Å². The molecule has 1 rings (SSSR count). The van der Waals surface area contributed by atoms with Crippen LogP contribution in [0.25, 0.3) is 0 Å². The summed E-state index contributed by atoms with van der Waals surface area (Å²) in [6, 6.07) is 4.92. The van der Waals surface area contributed by atoms with Crippen molar-refractivity contribution in [2.24, 2.45) is 0 Å². The molecule has 0 saturated heterocycles. The molecular formula is C13H20FNO. The van der Waals surface area contributed by atoms with E-state index in [1.807, 2.05) is 18.0 Å². The fourth-order valence-corrected chi connectivity index (χ4v) is 1.79. The smallest absolute Gasteiger partial charge is 0.131 e. The minimum absolute atomic E-state index is 0.337. The predicted octanol–water partition coefficient (Wildman–Crippen LogP) is 3.12. The van der Waals surface area contributed by atoms with Crippen molar-refractivity contribution >= 4 is 5.69 Å². The van der Waals surface area contributed by atoms with E-state index in [9.17, 15) is 9.50 Å². The van der Waals surface area contributed by atoms with Gasteiger partial charge >= 0.3 is 0 Å². The van der Waals surface area contributed by atoms with E-state index in [0.717, 1.165) is 25.1 Å². The lowest BCUT2D eigenvalue weighted by molar-refractivity contribution is 0.194. The molecule has 0 unspecified atom stereocenters. The monoisotopic (exact) mass is 225 g/mol. The zero-order valence-corrected chi connectivity index (χ0v) is 10.2. The molecule has 1 aromatic carbocycles. The highest BCUT2D eigenvalue weighted by Crippen LogP contribution is 2.28. The van der Waals surface area contributed by atoms with Crippen LogP contribution in [0, 0.1) is 5.82 Å². The van der Waals surface area contributed by atoms with Crippen LogP contribution in [0.2, 0.25) is 0 Å². The van der Waals surface area contributed by atoms with Gasteiger partial charge in [-0.2, -0.15) is 0 Å². The van der Waals surface area contributed by atoms with Gasteiger partial charge in [0, 0.05) is 24.8 Å². The van der Waals surface area contributed by atoms with Gasteiger partial charge in [-0.3, -0.25) is 0 Å². The zero-order chi connectivity index (χ0) is 12.1. The van der Waals surface area contributed by atoms with Crippen molar-refractivity contribution in [3.63, 3.8) is 0 Å². The van der Waals surface area contributed by atoms with Crippen LogP contribution in [0.5, 0.6) is 0 Å². The summed E-state index contributed by atoms with van der Waals surface area (Å²) < 4.78 is 13.6. The highest BCUT2D eigenvalue weighted by molar-refractivity contribution is 5.54. The number of nitrogens with zero attached hydrogens (tertiary/aromatic N) is 1. The van der Waals surface area contributed by atoms with E-state index < -0.39 is 6.10 Å². The molecule has 1 aromatic rings. The maximum atomic E-state index is 13.6. The van der Waals surface area contributed by atoms with Crippen molar-refractivity contribution in [1.82, 2.24) is 0 Å². The van der Waals surface area contributed by atoms with Gasteiger partial charge < -0.3 is 10.0 Å². The second-order valence-electron chi connectivity index (χ2n) is 4.12. The number of anilines is 1. The fourth-order valence-electron chi connectivity index (χ4n) is 1.79. The Hall–Kier alpha value is -1.09. The summed E-state index contributed by atoms with van der Waals surface area (Å²) in [5, 5.41) is 9.59. The van der Waals surface area contributed by atoms with Gasteiger partial charge in [0.1, 0.15) is 5.82 Å². The Morgan fingerprint density at radius 1 is 1.44 bits per heavy atom. The van der Waals surface area contributed by atoms with Gasteiger partial charge in [0.15, 0.2) is 0 Å². The van der Waals surface area contributed by atoms with Crippen molar-refractivity contribution in [2.75, 3.05) is 18.5 Å². The van der Waals surface area contributed by atoms with Crippen LogP contribution in [0.1, 0.15) is 38.4 Å². The van der Waals surface area contributed by atoms with Crippen molar-refractivity contribution in [3.05, 3.63) is 29.6 Å². The van der Waals surface area contributed by atoms with Crippen molar-refractivity contribution in [2.45, 2.75) is 32.8 Å². The summed E-state index contributed by atoms with van der Waals surface area (Å²) in [5.74, 6) is -0.337. The number of aliphatic hydroxyl groups excluding tert-OH is 1. The first kappa shape index (κ1) is 13.0. The summed E-state index contributed by atoms with van der Waals surface area (Å²) >= 11 is 0. The predicted molar refractivity (Wildman–Crippen MR) is 65.2 cm³/mol. The summed E-state index contributed by atoms with van der Waals surface area (Å²) in [6.45, 7) is 4.59. The molecule has 1 N–H and O–H groups in total. The van der Waals surface area contributed by atoms with Crippen molar-refractivity contribution in [3.8, 4) is 0 Å². The molecular weight excluding hydrogens is 205 g/mol. The van der Waals surface area contributed by atoms with Gasteiger partial charge in [-0.05, 0) is 25.5 Å². The quantitative estimate of drug-likeness (QED) is 0.832. The highest BCUT2D eigenvalue weighted by Gasteiger charge is 2.15. The number of aliphatic hydroxyl groups is 1. The van der Waals surface area contributed by atoms with Crippen LogP contribution in [0.15, 0.2) is 18.2 Å². The minimum atomic E-state index is -0.778. The molecule has 0 spiro atoms. The Morgan fingerprint density at radius 3 is 2.69 bits per heavy atom. The molecule has 0 heterocycles. The van der Waals surface area contributed by atoms with Crippen molar-refractivity contribution in [1.29, 1.82) is 0 Å². The van der Waals surface area contributed by atoms with E-state index in [1.165, 1.54) is 6.07 Å². The molecule has 0 radical (unpaired) electrons. The Kier molecular flexibility index (Phi) is 4.74. The van der Waals surface area contributed by atoms with Crippen LogP contribution in [-0.2, 0) is 0 Å². The van der Waals surface area contributed by atoms with Gasteiger partial charge in [0.25, 0.3) is 0 Å². The maximum Gasteiger partial charge on any atom is 0.131 e. The molecule has 90 valence electrons. The standard InChI is InChI=1S/C13H20FNO/c1-4-5-9-15(3)12-8-6-7-11(14)13(12)10(2)16/h6-8,10,16H,4-5,9H2,1-3H3/t10-/m0/s1. The Labute approximate surface area is 96.7 Å². The summed E-state index contributed by atoms with van der Waals surface area (Å²) in [5.41, 5.74) is 1.17. The number of rotatable bonds is 5. The molecule has 16 heavy (non-hydrogen) atoms. The lowest BCUT2D eigenvalue weighted by atomic mass is 10.1. The molecule has 0 bridgehead atoms. The van der Waals surface area contributed by atoms with Gasteiger partial charge in [0.05, 0.1) is 6.10 Å². The molecule has 2 nitrogen and oxygen atoms in total. The third-order valence-electron chi connectivity index (χ3n) is 2.71. The van der Waals surface area contributed by atoms with E-state index in [-0.39, 0.29) is 5.82 Å². The number of unbranched alkanes of at least 4 members (excludes halogenated alkanes) is 1. The first-order valence-electron chi connectivity index (χ1n) is 5.75. The van der Waals surface area contributed by atoms with E-state index >= 15 is 0 Å². The molecule has 0 saturated carbocycles. The Bertz CT molecular complexity index is 339. The van der Waals surface area contributed by atoms with Gasteiger partial charge in [-0.25, -0.2) is 4.39 Å². The molecule has 0 aliphatic heterocycles. The van der Waals surface area contributed by atoms with Crippen LogP contribution >= 0.6 is 0 Å². The molecule has 0 aliphatic carbocycles. The maximum absolute atomic E-state index is 13.6. The third kappa shape index (κ3) is 2.95. The minimum Gasteiger partial charge on any atom is -0.389 e. The largest absolute Gasteiger partial charge is 0.389 e. The normalized spacial score (nSPS) is 12.6. The lowest BCUT2D eigenvalue weighted by Gasteiger charge is -2.23. The number of hydrogen-bond donors (Lipinski definition) is 1. The molecule has 0 aromatic heterocycles. The number of benzene rings is 1. The van der Waals surface area contributed by atoms with E-state index in [1.54, 1.807) is 13.0 Å². The molecule has 0 fully saturated rings. The van der Waals surface area contributed by atoms with Gasteiger partial charge in [0.2, 0.25) is 0 Å². The Morgan fingerprint density at radius 2 is 2.12 bits per heavy atom. The second kappa shape index (κ2) is 5.85. The first-order chi connectivity index (χ1) is 7.57. The van der Waals surface area contributed by atoms with Gasteiger partial charge in [-0.1, -0.05) is 19.4 Å². The highest BCUT2D eigenvalue weighted by atomic mass is 19.1. The van der Waals surface area contributed by atoms with Gasteiger partial charge in [-0.15, -0.1) is 0 Å². The lowest BCUT2D eigenvalue weighted by Crippen LogP contribution is -2.21.